The lowest BCUT2D eigenvalue weighted by Crippen LogP contribution is -2.46. The maximum atomic E-state index is 6.31. The number of furan rings is 1. The molecule has 2 heterocycles. The van der Waals surface area contributed by atoms with E-state index in [4.69, 9.17) is 4.42 Å². The zero-order valence-electron chi connectivity index (χ0n) is 15.9. The van der Waals surface area contributed by atoms with Crippen molar-refractivity contribution in [3.05, 3.63) is 96.3 Å². The Bertz CT molecular complexity index is 1050. The predicted octanol–water partition coefficient (Wildman–Crippen LogP) is 5.35. The quantitative estimate of drug-likeness (QED) is 0.484. The predicted molar refractivity (Wildman–Crippen MR) is 116 cm³/mol. The Hall–Kier alpha value is -3.20. The molecule has 0 saturated carbocycles. The van der Waals surface area contributed by atoms with Crippen LogP contribution < -0.4 is 9.80 Å². The van der Waals surface area contributed by atoms with Gasteiger partial charge in [0.1, 0.15) is 11.3 Å². The van der Waals surface area contributed by atoms with Gasteiger partial charge in [-0.3, -0.25) is 0 Å². The van der Waals surface area contributed by atoms with Crippen molar-refractivity contribution < 1.29 is 4.42 Å². The van der Waals surface area contributed by atoms with E-state index in [9.17, 15) is 0 Å². The highest BCUT2D eigenvalue weighted by Crippen LogP contribution is 2.36. The van der Waals surface area contributed by atoms with Crippen molar-refractivity contribution in [2.24, 2.45) is 0 Å². The molecule has 0 aliphatic carbocycles. The number of hydrogen-bond acceptors (Lipinski definition) is 3. The zero-order chi connectivity index (χ0) is 18.8. The van der Waals surface area contributed by atoms with Gasteiger partial charge in [0.15, 0.2) is 0 Å². The SMILES string of the molecule is c1ccc(Cc2oc3ccccc3c2N2CCN(c3ccccc3)CC2)cc1. The van der Waals surface area contributed by atoms with Gasteiger partial charge < -0.3 is 14.2 Å². The van der Waals surface area contributed by atoms with E-state index >= 15 is 0 Å². The van der Waals surface area contributed by atoms with Gasteiger partial charge in [-0.05, 0) is 29.8 Å². The van der Waals surface area contributed by atoms with Gasteiger partial charge in [-0.1, -0.05) is 60.7 Å². The van der Waals surface area contributed by atoms with Gasteiger partial charge in [0.2, 0.25) is 0 Å². The lowest BCUT2D eigenvalue weighted by atomic mass is 10.1. The number of hydrogen-bond donors (Lipinski definition) is 0. The molecule has 0 amide bonds. The third-order valence-corrected chi connectivity index (χ3v) is 5.56. The topological polar surface area (TPSA) is 19.6 Å². The number of anilines is 2. The zero-order valence-corrected chi connectivity index (χ0v) is 15.9. The Morgan fingerprint density at radius 1 is 0.643 bits per heavy atom. The van der Waals surface area contributed by atoms with Crippen molar-refractivity contribution in [1.29, 1.82) is 0 Å². The van der Waals surface area contributed by atoms with Gasteiger partial charge >= 0.3 is 0 Å². The summed E-state index contributed by atoms with van der Waals surface area (Å²) in [6, 6.07) is 29.7. The Kier molecular flexibility index (Phi) is 4.50. The Balaban J connectivity index is 1.44. The second-order valence-corrected chi connectivity index (χ2v) is 7.34. The van der Waals surface area contributed by atoms with Gasteiger partial charge in [0, 0.05) is 43.7 Å². The first kappa shape index (κ1) is 16.9. The number of fused-ring (bicyclic) bond motifs is 1. The number of nitrogens with zero attached hydrogens (tertiary/aromatic N) is 2. The average molecular weight is 368 g/mol. The molecule has 140 valence electrons. The van der Waals surface area contributed by atoms with Gasteiger partial charge in [-0.25, -0.2) is 0 Å². The maximum Gasteiger partial charge on any atom is 0.136 e. The van der Waals surface area contributed by atoms with Crippen molar-refractivity contribution in [2.75, 3.05) is 36.0 Å². The van der Waals surface area contributed by atoms with E-state index in [2.05, 4.69) is 94.7 Å². The van der Waals surface area contributed by atoms with Crippen LogP contribution in [0.1, 0.15) is 11.3 Å². The minimum atomic E-state index is 0.823. The monoisotopic (exact) mass is 368 g/mol. The van der Waals surface area contributed by atoms with E-state index in [0.717, 1.165) is 43.9 Å². The van der Waals surface area contributed by atoms with Crippen molar-refractivity contribution >= 4 is 22.3 Å². The fourth-order valence-corrected chi connectivity index (χ4v) is 4.16. The third kappa shape index (κ3) is 3.24. The molecule has 3 heteroatoms. The first-order chi connectivity index (χ1) is 13.9. The first-order valence-corrected chi connectivity index (χ1v) is 9.98. The lowest BCUT2D eigenvalue weighted by molar-refractivity contribution is 0.556. The van der Waals surface area contributed by atoms with Gasteiger partial charge in [0.25, 0.3) is 0 Å². The molecule has 1 fully saturated rings. The lowest BCUT2D eigenvalue weighted by Gasteiger charge is -2.37. The second kappa shape index (κ2) is 7.43. The van der Waals surface area contributed by atoms with Gasteiger partial charge in [-0.2, -0.15) is 0 Å². The summed E-state index contributed by atoms with van der Waals surface area (Å²) in [6.45, 7) is 4.04. The smallest absolute Gasteiger partial charge is 0.136 e. The van der Waals surface area contributed by atoms with Crippen LogP contribution in [-0.4, -0.2) is 26.2 Å². The standard InChI is InChI=1S/C25H24N2O/c1-3-9-20(10-4-1)19-24-25(22-13-7-8-14-23(22)28-24)27-17-15-26(16-18-27)21-11-5-2-6-12-21/h1-14H,15-19H2. The summed E-state index contributed by atoms with van der Waals surface area (Å²) in [7, 11) is 0. The van der Waals surface area contributed by atoms with Crippen LogP contribution >= 0.6 is 0 Å². The van der Waals surface area contributed by atoms with Crippen molar-refractivity contribution in [3.63, 3.8) is 0 Å². The molecule has 0 atom stereocenters. The summed E-state index contributed by atoms with van der Waals surface area (Å²) < 4.78 is 6.31. The van der Waals surface area contributed by atoms with E-state index in [1.807, 2.05) is 0 Å². The summed E-state index contributed by atoms with van der Waals surface area (Å²) >= 11 is 0. The molecule has 5 rings (SSSR count). The van der Waals surface area contributed by atoms with Crippen LogP contribution in [0.25, 0.3) is 11.0 Å². The number of piperazine rings is 1. The van der Waals surface area contributed by atoms with Crippen LogP contribution in [0.2, 0.25) is 0 Å². The molecule has 3 nitrogen and oxygen atoms in total. The molecule has 0 radical (unpaired) electrons. The van der Waals surface area contributed by atoms with E-state index < -0.39 is 0 Å². The number of rotatable bonds is 4. The molecule has 3 aromatic carbocycles. The summed E-state index contributed by atoms with van der Waals surface area (Å²) in [6.07, 6.45) is 0.823. The van der Waals surface area contributed by atoms with Crippen LogP contribution in [0.15, 0.2) is 89.3 Å². The molecule has 1 aliphatic heterocycles. The third-order valence-electron chi connectivity index (χ3n) is 5.56. The molecule has 0 spiro atoms. The highest BCUT2D eigenvalue weighted by molar-refractivity contribution is 5.93. The molecule has 28 heavy (non-hydrogen) atoms. The number of para-hydroxylation sites is 2. The summed E-state index contributed by atoms with van der Waals surface area (Å²) in [5, 5.41) is 1.22. The molecular weight excluding hydrogens is 344 g/mol. The molecule has 1 aromatic heterocycles. The Morgan fingerprint density at radius 3 is 2.00 bits per heavy atom. The largest absolute Gasteiger partial charge is 0.458 e. The molecule has 1 aliphatic rings. The summed E-state index contributed by atoms with van der Waals surface area (Å²) in [5.74, 6) is 1.07. The van der Waals surface area contributed by atoms with E-state index in [1.54, 1.807) is 0 Å². The maximum absolute atomic E-state index is 6.31. The number of benzene rings is 3. The van der Waals surface area contributed by atoms with Crippen LogP contribution in [0.4, 0.5) is 11.4 Å². The normalized spacial score (nSPS) is 14.6. The van der Waals surface area contributed by atoms with E-state index in [0.29, 0.717) is 0 Å². The fourth-order valence-electron chi connectivity index (χ4n) is 4.16. The molecule has 0 bridgehead atoms. The molecule has 1 saturated heterocycles. The molecular formula is C25H24N2O. The minimum Gasteiger partial charge on any atom is -0.458 e. The van der Waals surface area contributed by atoms with Crippen molar-refractivity contribution in [2.45, 2.75) is 6.42 Å². The molecule has 4 aromatic rings. The Morgan fingerprint density at radius 2 is 1.25 bits per heavy atom. The molecule has 0 N–H and O–H groups in total. The van der Waals surface area contributed by atoms with Crippen LogP contribution in [0.5, 0.6) is 0 Å². The van der Waals surface area contributed by atoms with Crippen LogP contribution in [-0.2, 0) is 6.42 Å². The van der Waals surface area contributed by atoms with Gasteiger partial charge in [0.05, 0.1) is 5.69 Å². The van der Waals surface area contributed by atoms with Gasteiger partial charge in [-0.15, -0.1) is 0 Å². The van der Waals surface area contributed by atoms with E-state index in [-0.39, 0.29) is 0 Å². The Labute approximate surface area is 165 Å². The van der Waals surface area contributed by atoms with Crippen LogP contribution in [0, 0.1) is 0 Å². The first-order valence-electron chi connectivity index (χ1n) is 9.98. The summed E-state index contributed by atoms with van der Waals surface area (Å²) in [4.78, 5) is 4.97. The molecule has 0 unspecified atom stereocenters. The fraction of sp³-hybridized carbons (Fsp3) is 0.200. The van der Waals surface area contributed by atoms with Crippen molar-refractivity contribution in [3.8, 4) is 0 Å². The average Bonchev–Trinajstić information content (AvgIpc) is 3.13. The summed E-state index contributed by atoms with van der Waals surface area (Å²) in [5.41, 5.74) is 4.84. The minimum absolute atomic E-state index is 0.823. The highest BCUT2D eigenvalue weighted by Gasteiger charge is 2.24. The van der Waals surface area contributed by atoms with Crippen LogP contribution in [0.3, 0.4) is 0 Å². The van der Waals surface area contributed by atoms with E-state index in [1.165, 1.54) is 22.3 Å². The highest BCUT2D eigenvalue weighted by atomic mass is 16.3. The second-order valence-electron chi connectivity index (χ2n) is 7.34. The van der Waals surface area contributed by atoms with Crippen molar-refractivity contribution in [1.82, 2.24) is 0 Å².